The van der Waals surface area contributed by atoms with Crippen molar-refractivity contribution >= 4 is 16.0 Å². The molecule has 0 bridgehead atoms. The van der Waals surface area contributed by atoms with E-state index in [1.807, 2.05) is 0 Å². The highest BCUT2D eigenvalue weighted by Crippen LogP contribution is 2.12. The number of aromatic amines is 1. The fourth-order valence-corrected chi connectivity index (χ4v) is 2.75. The van der Waals surface area contributed by atoms with E-state index in [1.165, 1.54) is 12.1 Å². The van der Waals surface area contributed by atoms with Crippen molar-refractivity contribution < 1.29 is 23.4 Å². The van der Waals surface area contributed by atoms with E-state index < -0.39 is 16.0 Å². The van der Waals surface area contributed by atoms with E-state index in [9.17, 15) is 13.2 Å². The average molecular weight is 310 g/mol. The lowest BCUT2D eigenvalue weighted by molar-refractivity contribution is 0.0691. The van der Waals surface area contributed by atoms with Crippen LogP contribution in [0.2, 0.25) is 0 Å². The quantitative estimate of drug-likeness (QED) is 0.633. The minimum atomic E-state index is -3.75. The van der Waals surface area contributed by atoms with Crippen LogP contribution in [0.4, 0.5) is 0 Å². The van der Waals surface area contributed by atoms with Gasteiger partial charge in [-0.2, -0.15) is 0 Å². The molecule has 1 aromatic heterocycles. The van der Waals surface area contributed by atoms with Gasteiger partial charge in [-0.05, 0) is 30.2 Å². The van der Waals surface area contributed by atoms with Gasteiger partial charge >= 0.3 is 5.97 Å². The third kappa shape index (κ3) is 3.83. The van der Waals surface area contributed by atoms with Crippen LogP contribution < -0.4 is 4.72 Å². The van der Waals surface area contributed by atoms with Crippen LogP contribution in [0.25, 0.3) is 0 Å². The van der Waals surface area contributed by atoms with Crippen LogP contribution in [0.1, 0.15) is 16.1 Å². The minimum absolute atomic E-state index is 0.120. The monoisotopic (exact) mass is 310 g/mol. The number of nitrogens with one attached hydrogen (secondary N) is 2. The molecule has 0 saturated carbocycles. The lowest BCUT2D eigenvalue weighted by Gasteiger charge is -2.05. The Kier molecular flexibility index (Phi) is 4.29. The van der Waals surface area contributed by atoms with Gasteiger partial charge < -0.3 is 15.2 Å². The Morgan fingerprint density at radius 2 is 1.90 bits per heavy atom. The highest BCUT2D eigenvalue weighted by molar-refractivity contribution is 7.89. The zero-order valence-corrected chi connectivity index (χ0v) is 11.7. The predicted molar refractivity (Wildman–Crippen MR) is 74.8 cm³/mol. The Bertz CT molecular complexity index is 734. The second kappa shape index (κ2) is 5.98. The smallest absolute Gasteiger partial charge is 0.352 e. The van der Waals surface area contributed by atoms with Crippen molar-refractivity contribution in [3.8, 4) is 5.75 Å². The molecule has 1 heterocycles. The maximum atomic E-state index is 11.9. The molecule has 4 N–H and O–H groups in total. The number of aromatic nitrogens is 1. The molecule has 0 amide bonds. The van der Waals surface area contributed by atoms with Crippen LogP contribution in [-0.2, 0) is 16.4 Å². The summed E-state index contributed by atoms with van der Waals surface area (Å²) in [6.07, 6.45) is 1.59. The van der Waals surface area contributed by atoms with E-state index >= 15 is 0 Å². The summed E-state index contributed by atoms with van der Waals surface area (Å²) in [5, 5.41) is 17.9. The number of carbonyl (C=O) groups is 1. The normalized spacial score (nSPS) is 11.4. The number of aromatic hydroxyl groups is 1. The number of rotatable bonds is 6. The van der Waals surface area contributed by atoms with Crippen LogP contribution in [0.5, 0.6) is 5.75 Å². The molecule has 2 rings (SSSR count). The molecule has 8 heteroatoms. The van der Waals surface area contributed by atoms with Crippen molar-refractivity contribution in [1.82, 2.24) is 9.71 Å². The van der Waals surface area contributed by atoms with Gasteiger partial charge in [-0.3, -0.25) is 0 Å². The summed E-state index contributed by atoms with van der Waals surface area (Å²) in [4.78, 5) is 13.0. The second-order valence-corrected chi connectivity index (χ2v) is 6.14. The highest BCUT2D eigenvalue weighted by atomic mass is 32.2. The molecular weight excluding hydrogens is 296 g/mol. The number of hydrogen-bond acceptors (Lipinski definition) is 4. The molecule has 0 aliphatic carbocycles. The van der Waals surface area contributed by atoms with E-state index in [-0.39, 0.29) is 22.9 Å². The first-order valence-electron chi connectivity index (χ1n) is 6.08. The molecule has 0 saturated heterocycles. The number of hydrogen-bond donors (Lipinski definition) is 4. The summed E-state index contributed by atoms with van der Waals surface area (Å²) in [7, 11) is -3.75. The van der Waals surface area contributed by atoms with Gasteiger partial charge in [-0.25, -0.2) is 17.9 Å². The lowest BCUT2D eigenvalue weighted by Crippen LogP contribution is -2.25. The maximum absolute atomic E-state index is 11.9. The largest absolute Gasteiger partial charge is 0.508 e. The first-order chi connectivity index (χ1) is 9.88. The molecule has 0 aliphatic rings. The van der Waals surface area contributed by atoms with Crippen LogP contribution in [0, 0.1) is 0 Å². The van der Waals surface area contributed by atoms with Crippen LogP contribution in [-0.4, -0.2) is 36.1 Å². The van der Waals surface area contributed by atoms with Crippen molar-refractivity contribution in [3.63, 3.8) is 0 Å². The fourth-order valence-electron chi connectivity index (χ4n) is 1.73. The van der Waals surface area contributed by atoms with E-state index in [2.05, 4.69) is 9.71 Å². The minimum Gasteiger partial charge on any atom is -0.508 e. The van der Waals surface area contributed by atoms with Gasteiger partial charge in [0.25, 0.3) is 0 Å². The summed E-state index contributed by atoms with van der Waals surface area (Å²) in [5.41, 5.74) is 0.685. The van der Waals surface area contributed by atoms with E-state index in [0.29, 0.717) is 6.42 Å². The van der Waals surface area contributed by atoms with E-state index in [0.717, 1.165) is 17.8 Å². The number of phenols is 1. The van der Waals surface area contributed by atoms with Gasteiger partial charge in [0.1, 0.15) is 16.3 Å². The molecule has 0 spiro atoms. The molecule has 0 fully saturated rings. The summed E-state index contributed by atoms with van der Waals surface area (Å²) < 4.78 is 26.3. The standard InChI is InChI=1S/C13H14N2O5S/c16-10-3-1-9(2-4-10)5-6-15-21(19,20)11-7-12(13(17)18)14-8-11/h1-4,7-8,14-16H,5-6H2,(H,17,18). The molecule has 112 valence electrons. The van der Waals surface area contributed by atoms with Crippen molar-refractivity contribution in [3.05, 3.63) is 47.8 Å². The number of benzene rings is 1. The summed E-state index contributed by atoms with van der Waals surface area (Å²) in [6.45, 7) is 0.167. The van der Waals surface area contributed by atoms with Crippen molar-refractivity contribution in [2.75, 3.05) is 6.54 Å². The first kappa shape index (κ1) is 15.1. The van der Waals surface area contributed by atoms with Gasteiger partial charge in [0.15, 0.2) is 0 Å². The molecular formula is C13H14N2O5S. The highest BCUT2D eigenvalue weighted by Gasteiger charge is 2.17. The van der Waals surface area contributed by atoms with Crippen LogP contribution >= 0.6 is 0 Å². The molecule has 0 radical (unpaired) electrons. The topological polar surface area (TPSA) is 119 Å². The Morgan fingerprint density at radius 1 is 1.24 bits per heavy atom. The second-order valence-electron chi connectivity index (χ2n) is 4.37. The molecule has 2 aromatic rings. The first-order valence-corrected chi connectivity index (χ1v) is 7.56. The third-order valence-electron chi connectivity index (χ3n) is 2.84. The average Bonchev–Trinajstić information content (AvgIpc) is 2.91. The number of phenolic OH excluding ortho intramolecular Hbond substituents is 1. The number of carboxylic acids is 1. The molecule has 21 heavy (non-hydrogen) atoms. The van der Waals surface area contributed by atoms with E-state index in [1.54, 1.807) is 12.1 Å². The van der Waals surface area contributed by atoms with Gasteiger partial charge in [0, 0.05) is 12.7 Å². The third-order valence-corrected chi connectivity index (χ3v) is 4.28. The van der Waals surface area contributed by atoms with Gasteiger partial charge in [0.2, 0.25) is 10.0 Å². The zero-order chi connectivity index (χ0) is 15.5. The SMILES string of the molecule is O=C(O)c1cc(S(=O)(=O)NCCc2ccc(O)cc2)c[nH]1. The van der Waals surface area contributed by atoms with Gasteiger partial charge in [-0.1, -0.05) is 12.1 Å². The van der Waals surface area contributed by atoms with Crippen LogP contribution in [0.3, 0.4) is 0 Å². The van der Waals surface area contributed by atoms with Crippen molar-refractivity contribution in [1.29, 1.82) is 0 Å². The van der Waals surface area contributed by atoms with Gasteiger partial charge in [0.05, 0.1) is 0 Å². The Labute approximate surface area is 121 Å². The van der Waals surface area contributed by atoms with Crippen molar-refractivity contribution in [2.24, 2.45) is 0 Å². The van der Waals surface area contributed by atoms with Crippen LogP contribution in [0.15, 0.2) is 41.4 Å². The zero-order valence-electron chi connectivity index (χ0n) is 10.9. The fraction of sp³-hybridized carbons (Fsp3) is 0.154. The summed E-state index contributed by atoms with van der Waals surface area (Å²) >= 11 is 0. The van der Waals surface area contributed by atoms with Crippen molar-refractivity contribution in [2.45, 2.75) is 11.3 Å². The Hall–Kier alpha value is -2.32. The Morgan fingerprint density at radius 3 is 2.48 bits per heavy atom. The van der Waals surface area contributed by atoms with E-state index in [4.69, 9.17) is 10.2 Å². The molecule has 0 atom stereocenters. The summed E-state index contributed by atoms with van der Waals surface area (Å²) in [6, 6.07) is 7.50. The molecule has 7 nitrogen and oxygen atoms in total. The number of sulfonamides is 1. The molecule has 0 unspecified atom stereocenters. The lowest BCUT2D eigenvalue weighted by atomic mass is 10.1. The molecule has 1 aromatic carbocycles. The number of H-pyrrole nitrogens is 1. The summed E-state index contributed by atoms with van der Waals surface area (Å²) in [5.74, 6) is -1.08. The Balaban J connectivity index is 1.97. The maximum Gasteiger partial charge on any atom is 0.352 e. The predicted octanol–water partition coefficient (Wildman–Crippen LogP) is 0.939. The number of aromatic carboxylic acids is 1. The van der Waals surface area contributed by atoms with Gasteiger partial charge in [-0.15, -0.1) is 0 Å². The number of carboxylic acid groups (broad SMARTS) is 1. The molecule has 0 aliphatic heterocycles.